The molecule has 6 nitrogen and oxygen atoms in total. The van der Waals surface area contributed by atoms with Crippen LogP contribution >= 0.6 is 0 Å². The molecule has 1 aromatic heterocycles. The number of hydroxylamine groups is 2. The Balaban J connectivity index is 2.03. The van der Waals surface area contributed by atoms with Crippen molar-refractivity contribution in [3.05, 3.63) is 66.6 Å². The molecule has 0 spiro atoms. The Morgan fingerprint density at radius 1 is 1.04 bits per heavy atom. The highest BCUT2D eigenvalue weighted by Crippen LogP contribution is 2.37. The zero-order valence-electron chi connectivity index (χ0n) is 15.6. The number of amides is 1. The number of aryl methyl sites for hydroxylation is 1. The number of rotatable bonds is 6. The summed E-state index contributed by atoms with van der Waals surface area (Å²) in [5.74, 6) is 0.220. The maximum absolute atomic E-state index is 11.7. The van der Waals surface area contributed by atoms with Crippen LogP contribution in [0.1, 0.15) is 12.2 Å². The molecular formula is C21H21NO5S. The van der Waals surface area contributed by atoms with Crippen molar-refractivity contribution in [3.8, 4) is 22.3 Å². The van der Waals surface area contributed by atoms with Crippen molar-refractivity contribution in [2.24, 2.45) is 0 Å². The van der Waals surface area contributed by atoms with E-state index in [1.807, 2.05) is 30.3 Å². The molecule has 3 rings (SSSR count). The average Bonchev–Trinajstić information content (AvgIpc) is 3.10. The van der Waals surface area contributed by atoms with Gasteiger partial charge in [0.1, 0.15) is 5.76 Å². The van der Waals surface area contributed by atoms with Gasteiger partial charge < -0.3 is 4.42 Å². The first-order valence-corrected chi connectivity index (χ1v) is 10.6. The topological polar surface area (TPSA) is 87.8 Å². The molecule has 0 saturated heterocycles. The lowest BCUT2D eigenvalue weighted by Gasteiger charge is -2.09. The Hall–Kier alpha value is -2.90. The smallest absolute Gasteiger partial charge is 0.246 e. The Kier molecular flexibility index (Phi) is 5.67. The average molecular weight is 399 g/mol. The van der Waals surface area contributed by atoms with E-state index >= 15 is 0 Å². The number of carbonyl (C=O) groups is 1. The van der Waals surface area contributed by atoms with Gasteiger partial charge in [0, 0.05) is 37.3 Å². The van der Waals surface area contributed by atoms with Crippen LogP contribution in [0.4, 0.5) is 0 Å². The van der Waals surface area contributed by atoms with E-state index in [2.05, 4.69) is 0 Å². The van der Waals surface area contributed by atoms with Crippen LogP contribution in [0.25, 0.3) is 22.3 Å². The van der Waals surface area contributed by atoms with Crippen molar-refractivity contribution in [1.82, 2.24) is 5.06 Å². The maximum atomic E-state index is 11.7. The summed E-state index contributed by atoms with van der Waals surface area (Å²) in [6.07, 6.45) is 3.21. The van der Waals surface area contributed by atoms with Crippen molar-refractivity contribution in [2.45, 2.75) is 17.7 Å². The molecule has 0 saturated carbocycles. The van der Waals surface area contributed by atoms with Gasteiger partial charge >= 0.3 is 0 Å². The molecule has 1 N–H and O–H groups in total. The number of hydrogen-bond donors (Lipinski definition) is 1. The van der Waals surface area contributed by atoms with E-state index in [1.165, 1.54) is 13.3 Å². The summed E-state index contributed by atoms with van der Waals surface area (Å²) in [7, 11) is -1.99. The lowest BCUT2D eigenvalue weighted by atomic mass is 9.95. The lowest BCUT2D eigenvalue weighted by Crippen LogP contribution is -2.22. The van der Waals surface area contributed by atoms with E-state index in [1.54, 1.807) is 30.5 Å². The van der Waals surface area contributed by atoms with Gasteiger partial charge in [-0.1, -0.05) is 42.5 Å². The molecule has 0 unspecified atom stereocenters. The third kappa shape index (κ3) is 4.32. The molecule has 0 bridgehead atoms. The predicted molar refractivity (Wildman–Crippen MR) is 106 cm³/mol. The molecule has 0 atom stereocenters. The summed E-state index contributed by atoms with van der Waals surface area (Å²) in [6.45, 7) is 0. The van der Waals surface area contributed by atoms with Gasteiger partial charge in [-0.25, -0.2) is 13.5 Å². The minimum atomic E-state index is -3.27. The highest BCUT2D eigenvalue weighted by molar-refractivity contribution is 7.90. The zero-order chi connectivity index (χ0) is 20.3. The van der Waals surface area contributed by atoms with Crippen LogP contribution in [0.2, 0.25) is 0 Å². The fourth-order valence-electron chi connectivity index (χ4n) is 2.98. The van der Waals surface area contributed by atoms with Crippen LogP contribution in [-0.2, 0) is 21.1 Å². The van der Waals surface area contributed by atoms with Crippen molar-refractivity contribution < 1.29 is 22.8 Å². The van der Waals surface area contributed by atoms with E-state index in [0.29, 0.717) is 17.2 Å². The molecule has 1 heterocycles. The SMILES string of the molecule is CN(O)C(=O)CCc1occ(-c2ccc(S(C)(=O)=O)cc2)c1-c1ccccc1. The van der Waals surface area contributed by atoms with E-state index in [0.717, 1.165) is 22.3 Å². The molecule has 2 aromatic carbocycles. The number of sulfone groups is 1. The summed E-state index contributed by atoms with van der Waals surface area (Å²) >= 11 is 0. The monoisotopic (exact) mass is 399 g/mol. The second kappa shape index (κ2) is 8.00. The van der Waals surface area contributed by atoms with Gasteiger partial charge in [0.15, 0.2) is 9.84 Å². The van der Waals surface area contributed by atoms with Crippen LogP contribution in [0.5, 0.6) is 0 Å². The standard InChI is InChI=1S/C21H21NO5S/c1-22(24)20(23)13-12-19-21(16-6-4-3-5-7-16)18(14-27-19)15-8-10-17(11-9-15)28(2,25)26/h3-11,14,24H,12-13H2,1-2H3. The fraction of sp³-hybridized carbons (Fsp3) is 0.190. The highest BCUT2D eigenvalue weighted by Gasteiger charge is 2.19. The molecule has 0 aliphatic heterocycles. The summed E-state index contributed by atoms with van der Waals surface area (Å²) in [5.41, 5.74) is 3.40. The molecule has 0 aliphatic rings. The van der Waals surface area contributed by atoms with Crippen LogP contribution in [0.3, 0.4) is 0 Å². The van der Waals surface area contributed by atoms with Crippen molar-refractivity contribution in [1.29, 1.82) is 0 Å². The highest BCUT2D eigenvalue weighted by atomic mass is 32.2. The van der Waals surface area contributed by atoms with E-state index in [4.69, 9.17) is 4.42 Å². The Labute approximate surface area is 163 Å². The number of benzene rings is 2. The molecule has 0 radical (unpaired) electrons. The molecule has 7 heteroatoms. The second-order valence-electron chi connectivity index (χ2n) is 6.53. The Bertz CT molecular complexity index is 1070. The van der Waals surface area contributed by atoms with Crippen molar-refractivity contribution in [2.75, 3.05) is 13.3 Å². The van der Waals surface area contributed by atoms with Gasteiger partial charge in [-0.3, -0.25) is 10.0 Å². The summed E-state index contributed by atoms with van der Waals surface area (Å²) in [6, 6.07) is 16.2. The minimum Gasteiger partial charge on any atom is -0.468 e. The maximum Gasteiger partial charge on any atom is 0.246 e. The number of furan rings is 1. The van der Waals surface area contributed by atoms with E-state index in [9.17, 15) is 18.4 Å². The normalized spacial score (nSPS) is 11.4. The first-order chi connectivity index (χ1) is 13.3. The first kappa shape index (κ1) is 19.9. The zero-order valence-corrected chi connectivity index (χ0v) is 16.4. The molecule has 0 fully saturated rings. The van der Waals surface area contributed by atoms with Gasteiger partial charge in [-0.2, -0.15) is 0 Å². The third-order valence-electron chi connectivity index (χ3n) is 4.45. The van der Waals surface area contributed by atoms with Gasteiger partial charge in [0.25, 0.3) is 0 Å². The second-order valence-corrected chi connectivity index (χ2v) is 8.54. The van der Waals surface area contributed by atoms with Crippen molar-refractivity contribution >= 4 is 15.7 Å². The van der Waals surface area contributed by atoms with Crippen LogP contribution in [0, 0.1) is 0 Å². The largest absolute Gasteiger partial charge is 0.468 e. The van der Waals surface area contributed by atoms with Gasteiger partial charge in [0.05, 0.1) is 11.2 Å². The number of hydrogen-bond acceptors (Lipinski definition) is 5. The first-order valence-electron chi connectivity index (χ1n) is 8.69. The van der Waals surface area contributed by atoms with Crippen LogP contribution in [0.15, 0.2) is 70.2 Å². The molecule has 146 valence electrons. The lowest BCUT2D eigenvalue weighted by molar-refractivity contribution is -0.159. The van der Waals surface area contributed by atoms with Gasteiger partial charge in [-0.05, 0) is 23.3 Å². The molecule has 0 aliphatic carbocycles. The summed E-state index contributed by atoms with van der Waals surface area (Å²) < 4.78 is 29.2. The van der Waals surface area contributed by atoms with E-state index < -0.39 is 15.7 Å². The predicted octanol–water partition coefficient (Wildman–Crippen LogP) is 3.80. The summed E-state index contributed by atoms with van der Waals surface area (Å²) in [4.78, 5) is 12.0. The minimum absolute atomic E-state index is 0.104. The molecular weight excluding hydrogens is 378 g/mol. The molecule has 3 aromatic rings. The summed E-state index contributed by atoms with van der Waals surface area (Å²) in [5, 5.41) is 9.83. The quantitative estimate of drug-likeness (QED) is 0.503. The Morgan fingerprint density at radius 2 is 1.68 bits per heavy atom. The number of nitrogens with zero attached hydrogens (tertiary/aromatic N) is 1. The molecule has 1 amide bonds. The molecule has 28 heavy (non-hydrogen) atoms. The van der Waals surface area contributed by atoms with Crippen molar-refractivity contribution in [3.63, 3.8) is 0 Å². The third-order valence-corrected chi connectivity index (χ3v) is 5.58. The van der Waals surface area contributed by atoms with Gasteiger partial charge in [0.2, 0.25) is 5.91 Å². The Morgan fingerprint density at radius 3 is 2.25 bits per heavy atom. The number of carbonyl (C=O) groups excluding carboxylic acids is 1. The van der Waals surface area contributed by atoms with Crippen LogP contribution in [-0.4, -0.2) is 37.9 Å². The van der Waals surface area contributed by atoms with Crippen LogP contribution < -0.4 is 0 Å². The fourth-order valence-corrected chi connectivity index (χ4v) is 3.61. The van der Waals surface area contributed by atoms with E-state index in [-0.39, 0.29) is 11.3 Å². The van der Waals surface area contributed by atoms with Gasteiger partial charge in [-0.15, -0.1) is 0 Å².